The van der Waals surface area contributed by atoms with Crippen molar-refractivity contribution in [3.05, 3.63) is 54.0 Å². The second-order valence-electron chi connectivity index (χ2n) is 6.84. The minimum atomic E-state index is -0.0526. The van der Waals surface area contributed by atoms with E-state index in [1.807, 2.05) is 37.3 Å². The highest BCUT2D eigenvalue weighted by Gasteiger charge is 2.12. The third-order valence-electron chi connectivity index (χ3n) is 4.54. The Hall–Kier alpha value is -3.15. The molecule has 0 saturated heterocycles. The number of benzene rings is 2. The number of carbonyl (C=O) groups excluding carboxylic acids is 1. The van der Waals surface area contributed by atoms with E-state index in [2.05, 4.69) is 45.0 Å². The molecule has 4 aromatic rings. The lowest BCUT2D eigenvalue weighted by molar-refractivity contribution is -0.115. The molecule has 6 nitrogen and oxygen atoms in total. The van der Waals surface area contributed by atoms with Gasteiger partial charge < -0.3 is 9.88 Å². The Balaban J connectivity index is 1.53. The number of imidazole rings is 1. The third-order valence-corrected chi connectivity index (χ3v) is 4.54. The van der Waals surface area contributed by atoms with Crippen molar-refractivity contribution >= 4 is 33.5 Å². The summed E-state index contributed by atoms with van der Waals surface area (Å²) in [4.78, 5) is 17.0. The molecular formula is C20H21N5O. The maximum atomic E-state index is 12.4. The molecule has 0 aliphatic heterocycles. The lowest BCUT2D eigenvalue weighted by Gasteiger charge is -2.11. The number of rotatable bonds is 4. The van der Waals surface area contributed by atoms with Crippen LogP contribution in [-0.2, 0) is 11.2 Å². The molecule has 2 aromatic heterocycles. The summed E-state index contributed by atoms with van der Waals surface area (Å²) in [6.07, 6.45) is 2.07. The molecular weight excluding hydrogens is 326 g/mol. The van der Waals surface area contributed by atoms with E-state index in [1.165, 1.54) is 0 Å². The van der Waals surface area contributed by atoms with Crippen molar-refractivity contribution in [2.24, 2.45) is 0 Å². The molecule has 0 fully saturated rings. The first-order valence-corrected chi connectivity index (χ1v) is 8.72. The topological polar surface area (TPSA) is 75.6 Å². The number of aryl methyl sites for hydroxylation is 1. The summed E-state index contributed by atoms with van der Waals surface area (Å²) in [6.45, 7) is 6.30. The molecule has 0 saturated carbocycles. The Morgan fingerprint density at radius 1 is 1.23 bits per heavy atom. The van der Waals surface area contributed by atoms with Gasteiger partial charge in [-0.3, -0.25) is 9.89 Å². The number of carbonyl (C=O) groups is 1. The summed E-state index contributed by atoms with van der Waals surface area (Å²) >= 11 is 0. The first kappa shape index (κ1) is 16.3. The van der Waals surface area contributed by atoms with E-state index in [0.717, 1.165) is 39.0 Å². The molecule has 2 aromatic carbocycles. The number of aromatic amines is 1. The highest BCUT2D eigenvalue weighted by molar-refractivity contribution is 5.95. The number of amides is 1. The van der Waals surface area contributed by atoms with Crippen molar-refractivity contribution in [2.45, 2.75) is 33.2 Å². The van der Waals surface area contributed by atoms with E-state index in [0.29, 0.717) is 12.5 Å². The molecule has 0 bridgehead atoms. The van der Waals surface area contributed by atoms with Crippen LogP contribution in [0.3, 0.4) is 0 Å². The lowest BCUT2D eigenvalue weighted by Crippen LogP contribution is -2.14. The zero-order valence-corrected chi connectivity index (χ0v) is 15.1. The van der Waals surface area contributed by atoms with Gasteiger partial charge in [0, 0.05) is 17.1 Å². The fraction of sp³-hybridized carbons (Fsp3) is 0.250. The van der Waals surface area contributed by atoms with Gasteiger partial charge in [0.2, 0.25) is 5.91 Å². The van der Waals surface area contributed by atoms with Crippen LogP contribution in [0.4, 0.5) is 5.69 Å². The fourth-order valence-corrected chi connectivity index (χ4v) is 3.43. The van der Waals surface area contributed by atoms with Gasteiger partial charge >= 0.3 is 0 Å². The van der Waals surface area contributed by atoms with Crippen LogP contribution >= 0.6 is 0 Å². The van der Waals surface area contributed by atoms with Crippen molar-refractivity contribution in [1.82, 2.24) is 19.7 Å². The number of fused-ring (bicyclic) bond motifs is 2. The predicted octanol–water partition coefficient (Wildman–Crippen LogP) is 3.98. The summed E-state index contributed by atoms with van der Waals surface area (Å²) in [5, 5.41) is 10.9. The Labute approximate surface area is 151 Å². The van der Waals surface area contributed by atoms with Gasteiger partial charge in [0.05, 0.1) is 29.2 Å². The number of nitrogens with one attached hydrogen (secondary N) is 2. The van der Waals surface area contributed by atoms with E-state index < -0.39 is 0 Å². The molecule has 0 aliphatic rings. The minimum Gasteiger partial charge on any atom is -0.326 e. The van der Waals surface area contributed by atoms with Gasteiger partial charge in [0.15, 0.2) is 0 Å². The number of anilines is 1. The Bertz CT molecular complexity index is 1110. The molecule has 1 amide bonds. The lowest BCUT2D eigenvalue weighted by atomic mass is 10.1. The Morgan fingerprint density at radius 2 is 2.08 bits per heavy atom. The summed E-state index contributed by atoms with van der Waals surface area (Å²) < 4.78 is 2.21. The smallest absolute Gasteiger partial charge is 0.228 e. The van der Waals surface area contributed by atoms with Gasteiger partial charge in [-0.15, -0.1) is 0 Å². The molecule has 0 unspecified atom stereocenters. The predicted molar refractivity (Wildman–Crippen MR) is 103 cm³/mol. The summed E-state index contributed by atoms with van der Waals surface area (Å²) in [5.74, 6) is 0.938. The second kappa shape index (κ2) is 6.29. The van der Waals surface area contributed by atoms with Crippen molar-refractivity contribution in [3.8, 4) is 0 Å². The van der Waals surface area contributed by atoms with E-state index in [1.54, 1.807) is 6.20 Å². The highest BCUT2D eigenvalue weighted by atomic mass is 16.1. The monoisotopic (exact) mass is 347 g/mol. The molecule has 2 N–H and O–H groups in total. The standard InChI is InChI=1S/C20H21N5O/c1-12(2)25-13(3)22-18-8-14(4-7-19(18)25)9-20(26)23-16-6-5-15-11-21-24-17(15)10-16/h4-8,10-12H,9H2,1-3H3,(H,21,24)(H,23,26). The quantitative estimate of drug-likeness (QED) is 0.586. The zero-order valence-electron chi connectivity index (χ0n) is 15.1. The Morgan fingerprint density at radius 3 is 2.88 bits per heavy atom. The number of hydrogen-bond donors (Lipinski definition) is 2. The van der Waals surface area contributed by atoms with E-state index in [-0.39, 0.29) is 5.91 Å². The van der Waals surface area contributed by atoms with Crippen LogP contribution in [0.5, 0.6) is 0 Å². The van der Waals surface area contributed by atoms with Crippen LogP contribution < -0.4 is 5.32 Å². The molecule has 26 heavy (non-hydrogen) atoms. The van der Waals surface area contributed by atoms with Crippen LogP contribution in [0.2, 0.25) is 0 Å². The fourth-order valence-electron chi connectivity index (χ4n) is 3.43. The van der Waals surface area contributed by atoms with Crippen LogP contribution in [0, 0.1) is 6.92 Å². The maximum absolute atomic E-state index is 12.4. The summed E-state index contributed by atoms with van der Waals surface area (Å²) in [6, 6.07) is 12.1. The van der Waals surface area contributed by atoms with E-state index in [4.69, 9.17) is 0 Å². The number of hydrogen-bond acceptors (Lipinski definition) is 3. The van der Waals surface area contributed by atoms with Crippen molar-refractivity contribution < 1.29 is 4.79 Å². The molecule has 0 atom stereocenters. The molecule has 4 rings (SSSR count). The van der Waals surface area contributed by atoms with Gasteiger partial charge in [-0.25, -0.2) is 4.98 Å². The number of H-pyrrole nitrogens is 1. The van der Waals surface area contributed by atoms with Gasteiger partial charge in [0.25, 0.3) is 0 Å². The molecule has 0 spiro atoms. The number of nitrogens with zero attached hydrogens (tertiary/aromatic N) is 3. The zero-order chi connectivity index (χ0) is 18.3. The molecule has 132 valence electrons. The van der Waals surface area contributed by atoms with Gasteiger partial charge in [-0.1, -0.05) is 6.07 Å². The van der Waals surface area contributed by atoms with Gasteiger partial charge in [0.1, 0.15) is 5.82 Å². The molecule has 6 heteroatoms. The maximum Gasteiger partial charge on any atom is 0.228 e. The van der Waals surface area contributed by atoms with E-state index in [9.17, 15) is 4.79 Å². The summed E-state index contributed by atoms with van der Waals surface area (Å²) in [5.41, 5.74) is 4.64. The molecule has 0 aliphatic carbocycles. The Kier molecular flexibility index (Phi) is 3.95. The summed E-state index contributed by atoms with van der Waals surface area (Å²) in [7, 11) is 0. The normalized spacial score (nSPS) is 11.5. The van der Waals surface area contributed by atoms with Crippen LogP contribution in [-0.4, -0.2) is 25.7 Å². The first-order valence-electron chi connectivity index (χ1n) is 8.72. The third kappa shape index (κ3) is 2.94. The second-order valence-corrected chi connectivity index (χ2v) is 6.84. The SMILES string of the molecule is Cc1nc2cc(CC(=O)Nc3ccc4cn[nH]c4c3)ccc2n1C(C)C. The minimum absolute atomic E-state index is 0.0526. The highest BCUT2D eigenvalue weighted by Crippen LogP contribution is 2.22. The van der Waals surface area contributed by atoms with E-state index >= 15 is 0 Å². The largest absolute Gasteiger partial charge is 0.326 e. The average Bonchev–Trinajstić information content (AvgIpc) is 3.16. The first-order chi connectivity index (χ1) is 12.5. The van der Waals surface area contributed by atoms with Crippen molar-refractivity contribution in [2.75, 3.05) is 5.32 Å². The average molecular weight is 347 g/mol. The molecule has 0 radical (unpaired) electrons. The van der Waals surface area contributed by atoms with Crippen molar-refractivity contribution in [3.63, 3.8) is 0 Å². The van der Waals surface area contributed by atoms with Crippen LogP contribution in [0.25, 0.3) is 21.9 Å². The van der Waals surface area contributed by atoms with Crippen molar-refractivity contribution in [1.29, 1.82) is 0 Å². The molecule has 2 heterocycles. The van der Waals surface area contributed by atoms with Gasteiger partial charge in [-0.05, 0) is 56.7 Å². The number of aromatic nitrogens is 4. The van der Waals surface area contributed by atoms with Crippen LogP contribution in [0.15, 0.2) is 42.6 Å². The van der Waals surface area contributed by atoms with Crippen LogP contribution in [0.1, 0.15) is 31.3 Å². The van der Waals surface area contributed by atoms with Gasteiger partial charge in [-0.2, -0.15) is 5.10 Å².